The molecule has 0 fully saturated rings. The second kappa shape index (κ2) is 6.25. The van der Waals surface area contributed by atoms with Gasteiger partial charge >= 0.3 is 0 Å². The average Bonchev–Trinajstić information content (AvgIpc) is 2.51. The van der Waals surface area contributed by atoms with Crippen molar-refractivity contribution in [3.63, 3.8) is 0 Å². The normalized spacial score (nSPS) is 19.5. The molecule has 0 saturated carbocycles. The summed E-state index contributed by atoms with van der Waals surface area (Å²) in [4.78, 5) is 0. The Bertz CT molecular complexity index is 777. The molecule has 7 nitrogen and oxygen atoms in total. The Morgan fingerprint density at radius 1 is 0.960 bits per heavy atom. The topological polar surface area (TPSA) is 120 Å². The van der Waals surface area contributed by atoms with Crippen LogP contribution >= 0.6 is 0 Å². The van der Waals surface area contributed by atoms with Crippen LogP contribution in [0.1, 0.15) is 31.1 Å². The summed E-state index contributed by atoms with van der Waals surface area (Å²) in [5.41, 5.74) is 0.902. The lowest BCUT2D eigenvalue weighted by Gasteiger charge is -2.35. The van der Waals surface area contributed by atoms with Gasteiger partial charge in [-0.05, 0) is 26.0 Å². The van der Waals surface area contributed by atoms with Gasteiger partial charge in [-0.2, -0.15) is 0 Å². The van der Waals surface area contributed by atoms with Crippen molar-refractivity contribution < 1.29 is 35.0 Å². The summed E-state index contributed by atoms with van der Waals surface area (Å²) in [5.74, 6) is -1.52. The van der Waals surface area contributed by atoms with Crippen molar-refractivity contribution in [3.05, 3.63) is 35.4 Å². The summed E-state index contributed by atoms with van der Waals surface area (Å²) in [6, 6.07) is 5.18. The van der Waals surface area contributed by atoms with Gasteiger partial charge < -0.3 is 35.0 Å². The Kier molecular flexibility index (Phi) is 4.26. The van der Waals surface area contributed by atoms with Crippen LogP contribution in [0.15, 0.2) is 24.3 Å². The number of hydrogen-bond donors (Lipinski definition) is 5. The van der Waals surface area contributed by atoms with Crippen LogP contribution in [0.2, 0.25) is 0 Å². The van der Waals surface area contributed by atoms with Gasteiger partial charge in [0.25, 0.3) is 0 Å². The third kappa shape index (κ3) is 3.23. The second-order valence-corrected chi connectivity index (χ2v) is 6.32. The summed E-state index contributed by atoms with van der Waals surface area (Å²) in [5, 5.41) is 48.8. The van der Waals surface area contributed by atoms with Gasteiger partial charge in [-0.25, -0.2) is 0 Å². The molecule has 0 spiro atoms. The molecule has 0 aromatic heterocycles. The van der Waals surface area contributed by atoms with E-state index < -0.39 is 29.5 Å². The van der Waals surface area contributed by atoms with Crippen LogP contribution in [0.5, 0.6) is 34.5 Å². The van der Waals surface area contributed by atoms with Crippen molar-refractivity contribution in [2.24, 2.45) is 0 Å². The molecular formula is C18H20O7. The van der Waals surface area contributed by atoms with Crippen LogP contribution in [0.25, 0.3) is 0 Å². The molecule has 7 heteroatoms. The highest BCUT2D eigenvalue weighted by molar-refractivity contribution is 5.54. The van der Waals surface area contributed by atoms with Gasteiger partial charge in [0, 0.05) is 29.7 Å². The first-order chi connectivity index (χ1) is 11.8. The maximum Gasteiger partial charge on any atom is 0.200 e. The van der Waals surface area contributed by atoms with Crippen LogP contribution < -0.4 is 4.74 Å². The predicted molar refractivity (Wildman–Crippen MR) is 88.3 cm³/mol. The SMILES string of the molecule is CC(C)O[C@@H]1Cc2c(O)cc(O)cc2OC1c1cc(O)c(O)c(O)c1. The summed E-state index contributed by atoms with van der Waals surface area (Å²) in [6.07, 6.45) is -1.04. The zero-order valence-corrected chi connectivity index (χ0v) is 13.8. The van der Waals surface area contributed by atoms with Crippen LogP contribution in [0.3, 0.4) is 0 Å². The lowest BCUT2D eigenvalue weighted by molar-refractivity contribution is -0.0657. The number of phenolic OH excluding ortho intramolecular Hbond substituents is 5. The van der Waals surface area contributed by atoms with E-state index in [0.29, 0.717) is 17.5 Å². The Balaban J connectivity index is 2.06. The van der Waals surface area contributed by atoms with Crippen LogP contribution in [-0.2, 0) is 11.2 Å². The fourth-order valence-electron chi connectivity index (χ4n) is 2.99. The maximum absolute atomic E-state index is 10.1. The minimum absolute atomic E-state index is 0.0952. The molecule has 3 rings (SSSR count). The first-order valence-electron chi connectivity index (χ1n) is 7.88. The number of ether oxygens (including phenoxy) is 2. The van der Waals surface area contributed by atoms with Crippen molar-refractivity contribution in [3.8, 4) is 34.5 Å². The van der Waals surface area contributed by atoms with Crippen LogP contribution in [0.4, 0.5) is 0 Å². The first-order valence-corrected chi connectivity index (χ1v) is 7.88. The van der Waals surface area contributed by atoms with E-state index in [1.54, 1.807) is 0 Å². The molecule has 25 heavy (non-hydrogen) atoms. The van der Waals surface area contributed by atoms with E-state index in [4.69, 9.17) is 9.47 Å². The third-order valence-corrected chi connectivity index (χ3v) is 4.03. The maximum atomic E-state index is 10.1. The molecule has 2 aromatic carbocycles. The van der Waals surface area contributed by atoms with Crippen molar-refractivity contribution in [1.29, 1.82) is 0 Å². The first kappa shape index (κ1) is 17.0. The third-order valence-electron chi connectivity index (χ3n) is 4.03. The summed E-state index contributed by atoms with van der Waals surface area (Å²) in [6.45, 7) is 3.71. The molecule has 0 aliphatic carbocycles. The lowest BCUT2D eigenvalue weighted by Crippen LogP contribution is -2.34. The van der Waals surface area contributed by atoms with E-state index in [0.717, 1.165) is 0 Å². The molecule has 0 amide bonds. The fourth-order valence-corrected chi connectivity index (χ4v) is 2.99. The van der Waals surface area contributed by atoms with Gasteiger partial charge in [0.05, 0.1) is 6.10 Å². The highest BCUT2D eigenvalue weighted by Crippen LogP contribution is 2.45. The van der Waals surface area contributed by atoms with Crippen LogP contribution in [0, 0.1) is 0 Å². The molecule has 1 heterocycles. The van der Waals surface area contributed by atoms with Crippen molar-refractivity contribution in [2.75, 3.05) is 0 Å². The summed E-state index contributed by atoms with van der Waals surface area (Å²) >= 11 is 0. The largest absolute Gasteiger partial charge is 0.508 e. The number of aromatic hydroxyl groups is 5. The Hall–Kier alpha value is -2.80. The number of fused-ring (bicyclic) bond motifs is 1. The number of hydrogen-bond acceptors (Lipinski definition) is 7. The fraction of sp³-hybridized carbons (Fsp3) is 0.333. The monoisotopic (exact) mass is 348 g/mol. The zero-order chi connectivity index (χ0) is 18.3. The molecule has 134 valence electrons. The highest BCUT2D eigenvalue weighted by Gasteiger charge is 2.35. The number of rotatable bonds is 3. The Morgan fingerprint density at radius 2 is 1.60 bits per heavy atom. The molecule has 1 aliphatic heterocycles. The number of phenols is 5. The van der Waals surface area contributed by atoms with Crippen molar-refractivity contribution in [1.82, 2.24) is 0 Å². The molecule has 5 N–H and O–H groups in total. The molecule has 2 atom stereocenters. The molecule has 0 saturated heterocycles. The minimum atomic E-state index is -0.714. The van der Waals surface area contributed by atoms with Crippen molar-refractivity contribution >= 4 is 0 Å². The lowest BCUT2D eigenvalue weighted by atomic mass is 9.93. The van der Waals surface area contributed by atoms with E-state index >= 15 is 0 Å². The quantitative estimate of drug-likeness (QED) is 0.541. The molecule has 2 aromatic rings. The smallest absolute Gasteiger partial charge is 0.200 e. The minimum Gasteiger partial charge on any atom is -0.508 e. The molecule has 1 aliphatic rings. The van der Waals surface area contributed by atoms with Gasteiger partial charge in [-0.15, -0.1) is 0 Å². The van der Waals surface area contributed by atoms with Gasteiger partial charge in [0.15, 0.2) is 23.4 Å². The van der Waals surface area contributed by atoms with Gasteiger partial charge in [-0.3, -0.25) is 0 Å². The van der Waals surface area contributed by atoms with E-state index in [2.05, 4.69) is 0 Å². The van der Waals surface area contributed by atoms with Gasteiger partial charge in [0.1, 0.15) is 23.4 Å². The number of benzene rings is 2. The molecule has 0 bridgehead atoms. The summed E-state index contributed by atoms with van der Waals surface area (Å²) in [7, 11) is 0. The Labute approximate surface area is 144 Å². The Morgan fingerprint density at radius 3 is 2.20 bits per heavy atom. The van der Waals surface area contributed by atoms with E-state index in [-0.39, 0.29) is 23.4 Å². The van der Waals surface area contributed by atoms with E-state index in [9.17, 15) is 25.5 Å². The predicted octanol–water partition coefficient (Wildman–Crippen LogP) is 2.68. The van der Waals surface area contributed by atoms with E-state index in [1.165, 1.54) is 24.3 Å². The second-order valence-electron chi connectivity index (χ2n) is 6.32. The van der Waals surface area contributed by atoms with E-state index in [1.807, 2.05) is 13.8 Å². The van der Waals surface area contributed by atoms with Gasteiger partial charge in [0.2, 0.25) is 0 Å². The van der Waals surface area contributed by atoms with Gasteiger partial charge in [-0.1, -0.05) is 0 Å². The van der Waals surface area contributed by atoms with Crippen LogP contribution in [-0.4, -0.2) is 37.7 Å². The average molecular weight is 348 g/mol. The van der Waals surface area contributed by atoms with Crippen molar-refractivity contribution in [2.45, 2.75) is 38.6 Å². The molecule has 0 radical (unpaired) electrons. The highest BCUT2D eigenvalue weighted by atomic mass is 16.5. The summed E-state index contributed by atoms with van der Waals surface area (Å²) < 4.78 is 11.8. The molecule has 1 unspecified atom stereocenters. The zero-order valence-electron chi connectivity index (χ0n) is 13.8. The molecular weight excluding hydrogens is 328 g/mol. The standard InChI is InChI=1S/C18H20O7/c1-8(2)24-16-7-11-12(20)5-10(19)6-15(11)25-18(16)9-3-13(21)17(23)14(22)4-9/h3-6,8,16,18-23H,7H2,1-2H3/t16-,18?/m1/s1.